The third-order valence-corrected chi connectivity index (χ3v) is 2.66. The molecule has 3 aromatic rings. The Balaban J connectivity index is 2.16. The Morgan fingerprint density at radius 3 is 2.78 bits per heavy atom. The standard InChI is InChI=1S/C15H8N3/c16-10-12-5-3-7-14(17-12)15-9-8-11-4-1-2-6-13(11)18-15/h2-9H. The van der Waals surface area contributed by atoms with Crippen LogP contribution >= 0.6 is 0 Å². The van der Waals surface area contributed by atoms with Crippen molar-refractivity contribution in [2.75, 3.05) is 0 Å². The average Bonchev–Trinajstić information content (AvgIpc) is 2.47. The molecule has 3 rings (SSSR count). The minimum atomic E-state index is 0.399. The number of nitrogens with zero attached hydrogens (tertiary/aromatic N) is 3. The maximum absolute atomic E-state index is 8.84. The molecule has 0 N–H and O–H groups in total. The van der Waals surface area contributed by atoms with Crippen molar-refractivity contribution in [1.82, 2.24) is 9.97 Å². The molecule has 1 aromatic carbocycles. The van der Waals surface area contributed by atoms with Gasteiger partial charge in [0.25, 0.3) is 0 Å². The number of benzene rings is 1. The van der Waals surface area contributed by atoms with Gasteiger partial charge in [-0.3, -0.25) is 0 Å². The van der Waals surface area contributed by atoms with E-state index in [9.17, 15) is 0 Å². The second-order valence-electron chi connectivity index (χ2n) is 3.84. The maximum Gasteiger partial charge on any atom is 0.141 e. The summed E-state index contributed by atoms with van der Waals surface area (Å²) >= 11 is 0. The maximum atomic E-state index is 8.84. The van der Waals surface area contributed by atoms with Crippen molar-refractivity contribution >= 4 is 10.9 Å². The van der Waals surface area contributed by atoms with Crippen LogP contribution in [-0.4, -0.2) is 9.97 Å². The lowest BCUT2D eigenvalue weighted by Crippen LogP contribution is -1.90. The highest BCUT2D eigenvalue weighted by molar-refractivity contribution is 5.80. The fourth-order valence-corrected chi connectivity index (χ4v) is 1.79. The summed E-state index contributed by atoms with van der Waals surface area (Å²) in [6.45, 7) is 0. The summed E-state index contributed by atoms with van der Waals surface area (Å²) in [5.74, 6) is 0. The molecule has 0 aliphatic rings. The summed E-state index contributed by atoms with van der Waals surface area (Å²) in [6, 6.07) is 19.9. The van der Waals surface area contributed by atoms with Gasteiger partial charge in [0.05, 0.1) is 16.9 Å². The largest absolute Gasteiger partial charge is 0.246 e. The average molecular weight is 230 g/mol. The summed E-state index contributed by atoms with van der Waals surface area (Å²) < 4.78 is 0. The van der Waals surface area contributed by atoms with Crippen LogP contribution in [0.4, 0.5) is 0 Å². The van der Waals surface area contributed by atoms with E-state index in [1.165, 1.54) is 0 Å². The Labute approximate surface area is 104 Å². The van der Waals surface area contributed by atoms with E-state index < -0.39 is 0 Å². The van der Waals surface area contributed by atoms with E-state index in [-0.39, 0.29) is 0 Å². The third-order valence-electron chi connectivity index (χ3n) is 2.66. The van der Waals surface area contributed by atoms with Crippen molar-refractivity contribution in [1.29, 1.82) is 5.26 Å². The fraction of sp³-hybridized carbons (Fsp3) is 0. The zero-order valence-corrected chi connectivity index (χ0v) is 9.46. The molecule has 2 heterocycles. The number of fused-ring (bicyclic) bond motifs is 1. The lowest BCUT2D eigenvalue weighted by Gasteiger charge is -2.02. The summed E-state index contributed by atoms with van der Waals surface area (Å²) in [5.41, 5.74) is 2.78. The van der Waals surface area contributed by atoms with Gasteiger partial charge in [-0.2, -0.15) is 5.26 Å². The van der Waals surface area contributed by atoms with Gasteiger partial charge in [0.15, 0.2) is 0 Å². The Hall–Kier alpha value is -2.73. The molecule has 1 radical (unpaired) electrons. The monoisotopic (exact) mass is 230 g/mol. The molecular formula is C15H8N3. The Morgan fingerprint density at radius 1 is 1.00 bits per heavy atom. The van der Waals surface area contributed by atoms with Gasteiger partial charge in [-0.1, -0.05) is 18.2 Å². The first-order chi connectivity index (χ1) is 8.86. The molecule has 0 spiro atoms. The number of pyridine rings is 2. The van der Waals surface area contributed by atoms with E-state index in [0.29, 0.717) is 11.4 Å². The van der Waals surface area contributed by atoms with Crippen LogP contribution in [0.25, 0.3) is 22.3 Å². The molecule has 0 saturated heterocycles. The quantitative estimate of drug-likeness (QED) is 0.645. The molecule has 0 unspecified atom stereocenters. The predicted molar refractivity (Wildman–Crippen MR) is 68.5 cm³/mol. The second-order valence-corrected chi connectivity index (χ2v) is 3.84. The normalized spacial score (nSPS) is 10.2. The first-order valence-electron chi connectivity index (χ1n) is 5.51. The number of nitriles is 1. The second kappa shape index (κ2) is 4.27. The van der Waals surface area contributed by atoms with Crippen molar-refractivity contribution in [2.24, 2.45) is 0 Å². The van der Waals surface area contributed by atoms with E-state index in [2.05, 4.69) is 16.0 Å². The molecule has 83 valence electrons. The van der Waals surface area contributed by atoms with Crippen molar-refractivity contribution in [2.45, 2.75) is 0 Å². The summed E-state index contributed by atoms with van der Waals surface area (Å²) in [7, 11) is 0. The van der Waals surface area contributed by atoms with Gasteiger partial charge >= 0.3 is 0 Å². The van der Waals surface area contributed by atoms with Gasteiger partial charge in [-0.15, -0.1) is 0 Å². The van der Waals surface area contributed by atoms with Crippen LogP contribution in [0, 0.1) is 17.4 Å². The molecule has 0 aliphatic carbocycles. The van der Waals surface area contributed by atoms with Crippen LogP contribution in [0.3, 0.4) is 0 Å². The van der Waals surface area contributed by atoms with Crippen LogP contribution in [0.5, 0.6) is 0 Å². The highest BCUT2D eigenvalue weighted by Gasteiger charge is 2.03. The smallest absolute Gasteiger partial charge is 0.141 e. The molecule has 0 bridgehead atoms. The minimum absolute atomic E-state index is 0.399. The van der Waals surface area contributed by atoms with Gasteiger partial charge in [-0.05, 0) is 36.4 Å². The fourth-order valence-electron chi connectivity index (χ4n) is 1.79. The number of rotatable bonds is 1. The highest BCUT2D eigenvalue weighted by Crippen LogP contribution is 2.19. The van der Waals surface area contributed by atoms with Gasteiger partial charge in [0.2, 0.25) is 0 Å². The minimum Gasteiger partial charge on any atom is -0.246 e. The van der Waals surface area contributed by atoms with E-state index >= 15 is 0 Å². The Morgan fingerprint density at radius 2 is 1.89 bits per heavy atom. The summed E-state index contributed by atoms with van der Waals surface area (Å²) in [5, 5.41) is 9.88. The molecule has 0 amide bonds. The van der Waals surface area contributed by atoms with Crippen molar-refractivity contribution in [3.05, 3.63) is 60.3 Å². The van der Waals surface area contributed by atoms with E-state index in [4.69, 9.17) is 5.26 Å². The lowest BCUT2D eigenvalue weighted by atomic mass is 10.1. The van der Waals surface area contributed by atoms with Crippen molar-refractivity contribution < 1.29 is 0 Å². The molecule has 0 aliphatic heterocycles. The lowest BCUT2D eigenvalue weighted by molar-refractivity contribution is 1.24. The van der Waals surface area contributed by atoms with Crippen molar-refractivity contribution in [3.8, 4) is 17.5 Å². The van der Waals surface area contributed by atoms with Crippen LogP contribution in [0.15, 0.2) is 48.5 Å². The van der Waals surface area contributed by atoms with Gasteiger partial charge in [-0.25, -0.2) is 9.97 Å². The Kier molecular flexibility index (Phi) is 2.47. The predicted octanol–water partition coefficient (Wildman–Crippen LogP) is 2.97. The molecule has 18 heavy (non-hydrogen) atoms. The zero-order chi connectivity index (χ0) is 12.4. The van der Waals surface area contributed by atoms with Gasteiger partial charge in [0.1, 0.15) is 11.8 Å². The van der Waals surface area contributed by atoms with E-state index in [1.807, 2.05) is 48.5 Å². The van der Waals surface area contributed by atoms with Gasteiger partial charge < -0.3 is 0 Å². The van der Waals surface area contributed by atoms with Crippen LogP contribution in [-0.2, 0) is 0 Å². The molecular weight excluding hydrogens is 222 g/mol. The van der Waals surface area contributed by atoms with Crippen LogP contribution in [0.2, 0.25) is 0 Å². The number of aromatic nitrogens is 2. The summed E-state index contributed by atoms with van der Waals surface area (Å²) in [6.07, 6.45) is 0. The van der Waals surface area contributed by atoms with E-state index in [1.54, 1.807) is 6.07 Å². The van der Waals surface area contributed by atoms with Crippen LogP contribution in [0.1, 0.15) is 5.69 Å². The number of hydrogen-bond acceptors (Lipinski definition) is 3. The molecule has 3 nitrogen and oxygen atoms in total. The SMILES string of the molecule is N#Cc1cccc(-c2ccc3c[c]ccc3n2)n1. The van der Waals surface area contributed by atoms with Gasteiger partial charge in [0, 0.05) is 5.39 Å². The molecule has 0 fully saturated rings. The third kappa shape index (κ3) is 1.80. The molecule has 0 atom stereocenters. The van der Waals surface area contributed by atoms with E-state index in [0.717, 1.165) is 16.6 Å². The zero-order valence-electron chi connectivity index (χ0n) is 9.46. The first-order valence-corrected chi connectivity index (χ1v) is 5.51. The summed E-state index contributed by atoms with van der Waals surface area (Å²) in [4.78, 5) is 8.77. The molecule has 0 saturated carbocycles. The highest BCUT2D eigenvalue weighted by atomic mass is 14.8. The first kappa shape index (κ1) is 10.4. The molecule has 3 heteroatoms. The topological polar surface area (TPSA) is 49.6 Å². The molecule has 2 aromatic heterocycles. The Bertz CT molecular complexity index is 757. The van der Waals surface area contributed by atoms with Crippen LogP contribution < -0.4 is 0 Å². The van der Waals surface area contributed by atoms with Crippen molar-refractivity contribution in [3.63, 3.8) is 0 Å². The number of hydrogen-bond donors (Lipinski definition) is 0.